The molecule has 0 spiro atoms. The lowest BCUT2D eigenvalue weighted by Crippen LogP contribution is -2.47. The molecule has 6 nitrogen and oxygen atoms in total. The van der Waals surface area contributed by atoms with Crippen molar-refractivity contribution in [1.29, 1.82) is 0 Å². The highest BCUT2D eigenvalue weighted by molar-refractivity contribution is 14.0. The molecule has 146 valence electrons. The number of ether oxygens (including phenoxy) is 1. The van der Waals surface area contributed by atoms with Gasteiger partial charge in [-0.2, -0.15) is 0 Å². The number of aliphatic imine (C=N–C) groups is 1. The molecule has 2 aliphatic heterocycles. The van der Waals surface area contributed by atoms with Crippen LogP contribution in [-0.2, 0) is 24.2 Å². The first-order chi connectivity index (χ1) is 12.8. The number of aromatic nitrogens is 2. The van der Waals surface area contributed by atoms with Crippen LogP contribution in [0.1, 0.15) is 30.7 Å². The summed E-state index contributed by atoms with van der Waals surface area (Å²) < 4.78 is 8.11. The SMILES string of the molecule is CN=C(NCc1nccn1CCc1ccccc1)NC1CC2CCC1O2.I. The molecule has 3 atom stereocenters. The Hall–Kier alpha value is -1.61. The number of nitrogens with one attached hydrogen (secondary N) is 2. The second-order valence-corrected chi connectivity index (χ2v) is 7.06. The maximum absolute atomic E-state index is 5.91. The van der Waals surface area contributed by atoms with E-state index in [4.69, 9.17) is 4.74 Å². The smallest absolute Gasteiger partial charge is 0.191 e. The molecule has 2 aliphatic rings. The molecule has 27 heavy (non-hydrogen) atoms. The number of hydrogen-bond donors (Lipinski definition) is 2. The van der Waals surface area contributed by atoms with Gasteiger partial charge in [0.15, 0.2) is 5.96 Å². The molecule has 2 bridgehead atoms. The quantitative estimate of drug-likeness (QED) is 0.379. The van der Waals surface area contributed by atoms with Gasteiger partial charge in [0.1, 0.15) is 5.82 Å². The number of halogens is 1. The molecular formula is C20H28IN5O. The number of hydrogen-bond acceptors (Lipinski definition) is 3. The number of fused-ring (bicyclic) bond motifs is 2. The van der Waals surface area contributed by atoms with E-state index in [9.17, 15) is 0 Å². The number of guanidine groups is 1. The summed E-state index contributed by atoms with van der Waals surface area (Å²) in [5.41, 5.74) is 1.34. The molecule has 1 aromatic heterocycles. The number of nitrogens with zero attached hydrogens (tertiary/aromatic N) is 3. The second-order valence-electron chi connectivity index (χ2n) is 7.06. The molecule has 0 aliphatic carbocycles. The largest absolute Gasteiger partial charge is 0.373 e. The van der Waals surface area contributed by atoms with Gasteiger partial charge in [-0.25, -0.2) is 4.98 Å². The third kappa shape index (κ3) is 5.01. The molecule has 3 heterocycles. The van der Waals surface area contributed by atoms with E-state index in [1.54, 1.807) is 0 Å². The fourth-order valence-electron chi connectivity index (χ4n) is 3.93. The highest BCUT2D eigenvalue weighted by Gasteiger charge is 2.41. The summed E-state index contributed by atoms with van der Waals surface area (Å²) >= 11 is 0. The van der Waals surface area contributed by atoms with Crippen molar-refractivity contribution in [2.24, 2.45) is 4.99 Å². The van der Waals surface area contributed by atoms with Gasteiger partial charge in [0.25, 0.3) is 0 Å². The average Bonchev–Trinajstić information content (AvgIpc) is 3.41. The summed E-state index contributed by atoms with van der Waals surface area (Å²) in [7, 11) is 1.81. The van der Waals surface area contributed by atoms with Gasteiger partial charge in [-0.15, -0.1) is 24.0 Å². The zero-order valence-electron chi connectivity index (χ0n) is 15.7. The average molecular weight is 481 g/mol. The second kappa shape index (κ2) is 9.54. The van der Waals surface area contributed by atoms with Crippen LogP contribution < -0.4 is 10.6 Å². The van der Waals surface area contributed by atoms with Gasteiger partial charge in [0.2, 0.25) is 0 Å². The molecule has 2 fully saturated rings. The maximum atomic E-state index is 5.91. The summed E-state index contributed by atoms with van der Waals surface area (Å²) in [6.07, 6.45) is 9.12. The monoisotopic (exact) mass is 481 g/mol. The Morgan fingerprint density at radius 1 is 1.30 bits per heavy atom. The van der Waals surface area contributed by atoms with Crippen LogP contribution in [0.4, 0.5) is 0 Å². The minimum absolute atomic E-state index is 0. The topological polar surface area (TPSA) is 63.5 Å². The van der Waals surface area contributed by atoms with Crippen molar-refractivity contribution in [3.8, 4) is 0 Å². The summed E-state index contributed by atoms with van der Waals surface area (Å²) in [6, 6.07) is 10.9. The van der Waals surface area contributed by atoms with Crippen molar-refractivity contribution in [3.05, 3.63) is 54.1 Å². The molecule has 2 N–H and O–H groups in total. The Kier molecular flexibility index (Phi) is 7.12. The van der Waals surface area contributed by atoms with E-state index in [1.807, 2.05) is 19.4 Å². The van der Waals surface area contributed by atoms with Gasteiger partial charge in [0.05, 0.1) is 24.8 Å². The van der Waals surface area contributed by atoms with Gasteiger partial charge >= 0.3 is 0 Å². The van der Waals surface area contributed by atoms with Crippen LogP contribution in [0.2, 0.25) is 0 Å². The van der Waals surface area contributed by atoms with E-state index in [2.05, 4.69) is 55.5 Å². The Bertz CT molecular complexity index is 748. The molecule has 7 heteroatoms. The zero-order chi connectivity index (χ0) is 17.8. The lowest BCUT2D eigenvalue weighted by atomic mass is 9.96. The number of imidazole rings is 1. The van der Waals surface area contributed by atoms with Crippen LogP contribution >= 0.6 is 24.0 Å². The van der Waals surface area contributed by atoms with Crippen molar-refractivity contribution in [2.75, 3.05) is 7.05 Å². The van der Waals surface area contributed by atoms with Crippen molar-refractivity contribution >= 4 is 29.9 Å². The normalized spacial score (nSPS) is 23.9. The number of aryl methyl sites for hydroxylation is 2. The third-order valence-corrected chi connectivity index (χ3v) is 5.35. The van der Waals surface area contributed by atoms with Crippen molar-refractivity contribution < 1.29 is 4.74 Å². The van der Waals surface area contributed by atoms with Crippen LogP contribution in [0.5, 0.6) is 0 Å². The molecular weight excluding hydrogens is 453 g/mol. The minimum Gasteiger partial charge on any atom is -0.373 e. The first kappa shape index (κ1) is 20.1. The van der Waals surface area contributed by atoms with Crippen LogP contribution in [0.3, 0.4) is 0 Å². The summed E-state index contributed by atoms with van der Waals surface area (Å²) in [5.74, 6) is 1.84. The van der Waals surface area contributed by atoms with Gasteiger partial charge in [-0.05, 0) is 31.2 Å². The minimum atomic E-state index is 0. The summed E-state index contributed by atoms with van der Waals surface area (Å²) in [4.78, 5) is 8.86. The molecule has 0 radical (unpaired) electrons. The predicted molar refractivity (Wildman–Crippen MR) is 117 cm³/mol. The fraction of sp³-hybridized carbons (Fsp3) is 0.500. The third-order valence-electron chi connectivity index (χ3n) is 5.35. The molecule has 2 saturated heterocycles. The molecule has 0 saturated carbocycles. The van der Waals surface area contributed by atoms with E-state index in [-0.39, 0.29) is 24.0 Å². The van der Waals surface area contributed by atoms with Crippen LogP contribution in [0, 0.1) is 0 Å². The Balaban J connectivity index is 0.00000210. The lowest BCUT2D eigenvalue weighted by Gasteiger charge is -2.22. The molecule has 2 aromatic rings. The molecule has 0 amide bonds. The fourth-order valence-corrected chi connectivity index (χ4v) is 3.93. The van der Waals surface area contributed by atoms with E-state index >= 15 is 0 Å². The summed E-state index contributed by atoms with van der Waals surface area (Å²) in [5, 5.41) is 6.91. The molecule has 3 unspecified atom stereocenters. The van der Waals surface area contributed by atoms with Crippen molar-refractivity contribution in [2.45, 2.75) is 57.0 Å². The highest BCUT2D eigenvalue weighted by Crippen LogP contribution is 2.34. The van der Waals surface area contributed by atoms with E-state index in [1.165, 1.54) is 12.0 Å². The standard InChI is InChI=1S/C20H27N5O.HI/c1-21-20(24-17-13-16-7-8-18(17)26-16)23-14-19-22-10-12-25(19)11-9-15-5-3-2-4-6-15;/h2-6,10,12,16-18H,7-9,11,13-14H2,1H3,(H2,21,23,24);1H. The van der Waals surface area contributed by atoms with E-state index in [0.717, 1.165) is 37.6 Å². The zero-order valence-corrected chi connectivity index (χ0v) is 18.0. The Morgan fingerprint density at radius 2 is 2.15 bits per heavy atom. The predicted octanol–water partition coefficient (Wildman–Crippen LogP) is 2.73. The lowest BCUT2D eigenvalue weighted by molar-refractivity contribution is 0.0992. The van der Waals surface area contributed by atoms with Crippen LogP contribution in [-0.4, -0.2) is 40.8 Å². The Labute approximate surface area is 177 Å². The number of benzene rings is 1. The van der Waals surface area contributed by atoms with Gasteiger partial charge < -0.3 is 19.9 Å². The molecule has 1 aromatic carbocycles. The van der Waals surface area contributed by atoms with Crippen LogP contribution in [0.15, 0.2) is 47.7 Å². The van der Waals surface area contributed by atoms with Gasteiger partial charge in [0, 0.05) is 26.0 Å². The van der Waals surface area contributed by atoms with Crippen molar-refractivity contribution in [1.82, 2.24) is 20.2 Å². The van der Waals surface area contributed by atoms with Gasteiger partial charge in [-0.1, -0.05) is 30.3 Å². The van der Waals surface area contributed by atoms with Gasteiger partial charge in [-0.3, -0.25) is 4.99 Å². The van der Waals surface area contributed by atoms with E-state index < -0.39 is 0 Å². The van der Waals surface area contributed by atoms with Crippen LogP contribution in [0.25, 0.3) is 0 Å². The first-order valence-electron chi connectivity index (χ1n) is 9.48. The number of rotatable bonds is 6. The van der Waals surface area contributed by atoms with E-state index in [0.29, 0.717) is 24.8 Å². The summed E-state index contributed by atoms with van der Waals surface area (Å²) in [6.45, 7) is 1.58. The Morgan fingerprint density at radius 3 is 2.85 bits per heavy atom. The first-order valence-corrected chi connectivity index (χ1v) is 9.48. The molecule has 4 rings (SSSR count). The highest BCUT2D eigenvalue weighted by atomic mass is 127. The maximum Gasteiger partial charge on any atom is 0.191 e. The van der Waals surface area contributed by atoms with Crippen molar-refractivity contribution in [3.63, 3.8) is 0 Å².